The highest BCUT2D eigenvalue weighted by Gasteiger charge is 2.40. The van der Waals surface area contributed by atoms with Crippen molar-refractivity contribution in [3.63, 3.8) is 0 Å². The Bertz CT molecular complexity index is 700. The molecule has 0 N–H and O–H groups in total. The number of carbonyl (C=O) groups is 2. The lowest BCUT2D eigenvalue weighted by Crippen LogP contribution is -2.37. The van der Waals surface area contributed by atoms with Crippen LogP contribution in [0.4, 0.5) is 0 Å². The van der Waals surface area contributed by atoms with Crippen molar-refractivity contribution in [2.45, 2.75) is 27.2 Å². The predicted octanol–water partition coefficient (Wildman–Crippen LogP) is 4.81. The van der Waals surface area contributed by atoms with Gasteiger partial charge < -0.3 is 4.74 Å². The monoisotopic (exact) mass is 324 g/mol. The van der Waals surface area contributed by atoms with Crippen LogP contribution in [0.2, 0.25) is 0 Å². The smallest absolute Gasteiger partial charge is 0.174 e. The second-order valence-corrected chi connectivity index (χ2v) is 6.60. The van der Waals surface area contributed by atoms with Gasteiger partial charge in [-0.15, -0.1) is 0 Å². The van der Waals surface area contributed by atoms with Crippen LogP contribution in [-0.2, 0) is 0 Å². The third kappa shape index (κ3) is 3.73. The van der Waals surface area contributed by atoms with Crippen LogP contribution in [-0.4, -0.2) is 18.7 Å². The molecule has 0 aromatic heterocycles. The lowest BCUT2D eigenvalue weighted by Gasteiger charge is -2.31. The molecule has 2 aromatic carbocycles. The summed E-state index contributed by atoms with van der Waals surface area (Å²) in [5, 5.41) is 0. The normalized spacial score (nSPS) is 12.5. The van der Waals surface area contributed by atoms with Gasteiger partial charge in [0.25, 0.3) is 0 Å². The number of rotatable bonds is 7. The van der Waals surface area contributed by atoms with Gasteiger partial charge in [0.2, 0.25) is 0 Å². The van der Waals surface area contributed by atoms with Gasteiger partial charge in [0.1, 0.15) is 5.75 Å². The molecule has 0 spiro atoms. The number of Topliss-reactive ketones (excluding diaryl/α,β-unsaturated/α-hetero) is 2. The van der Waals surface area contributed by atoms with Crippen molar-refractivity contribution in [3.8, 4) is 5.75 Å². The van der Waals surface area contributed by atoms with E-state index in [0.717, 1.165) is 6.42 Å². The molecule has 0 heterocycles. The number of benzene rings is 2. The Labute approximate surface area is 143 Å². The van der Waals surface area contributed by atoms with E-state index < -0.39 is 11.3 Å². The summed E-state index contributed by atoms with van der Waals surface area (Å²) in [6.45, 7) is 5.95. The Morgan fingerprint density at radius 2 is 1.42 bits per heavy atom. The second kappa shape index (κ2) is 7.43. The molecule has 24 heavy (non-hydrogen) atoms. The van der Waals surface area contributed by atoms with Gasteiger partial charge in [-0.3, -0.25) is 9.59 Å². The number of ketones is 2. The van der Waals surface area contributed by atoms with Gasteiger partial charge in [-0.1, -0.05) is 51.1 Å². The molecule has 3 heteroatoms. The number of ether oxygens (including phenoxy) is 1. The highest BCUT2D eigenvalue weighted by atomic mass is 16.5. The molecular formula is C21H24O3. The van der Waals surface area contributed by atoms with Crippen molar-refractivity contribution < 1.29 is 14.3 Å². The fraction of sp³-hybridized carbons (Fsp3) is 0.333. The van der Waals surface area contributed by atoms with Gasteiger partial charge in [-0.05, 0) is 36.1 Å². The minimum absolute atomic E-state index is 0.122. The largest absolute Gasteiger partial charge is 0.497 e. The zero-order chi connectivity index (χ0) is 17.7. The average molecular weight is 324 g/mol. The van der Waals surface area contributed by atoms with Crippen LogP contribution in [0.15, 0.2) is 54.6 Å². The first kappa shape index (κ1) is 17.9. The Hall–Kier alpha value is -2.42. The van der Waals surface area contributed by atoms with Crippen molar-refractivity contribution in [2.75, 3.05) is 7.11 Å². The van der Waals surface area contributed by atoms with Crippen molar-refractivity contribution >= 4 is 11.6 Å². The van der Waals surface area contributed by atoms with Gasteiger partial charge in [-0.2, -0.15) is 0 Å². The lowest BCUT2D eigenvalue weighted by atomic mass is 9.70. The van der Waals surface area contributed by atoms with Gasteiger partial charge in [0, 0.05) is 11.1 Å². The molecule has 0 saturated heterocycles. The third-order valence-electron chi connectivity index (χ3n) is 4.65. The summed E-state index contributed by atoms with van der Waals surface area (Å²) in [7, 11) is 1.58. The van der Waals surface area contributed by atoms with Crippen molar-refractivity contribution in [1.82, 2.24) is 0 Å². The van der Waals surface area contributed by atoms with Crippen molar-refractivity contribution in [2.24, 2.45) is 11.3 Å². The molecule has 0 amide bonds. The number of carbonyl (C=O) groups excluding carboxylic acids is 2. The minimum Gasteiger partial charge on any atom is -0.497 e. The standard InChI is InChI=1S/C21H24O3/c1-5-21(2,3)18(19(22)15-9-7-6-8-10-15)20(23)16-11-13-17(24-4)14-12-16/h6-14,18H,5H2,1-4H3. The number of methoxy groups -OCH3 is 1. The van der Waals surface area contributed by atoms with E-state index in [1.807, 2.05) is 39.0 Å². The van der Waals surface area contributed by atoms with E-state index in [-0.39, 0.29) is 11.6 Å². The van der Waals surface area contributed by atoms with Gasteiger partial charge in [0.15, 0.2) is 11.6 Å². The first-order valence-electron chi connectivity index (χ1n) is 8.18. The van der Waals surface area contributed by atoms with Crippen LogP contribution in [0.5, 0.6) is 5.75 Å². The SMILES string of the molecule is CCC(C)(C)C(C(=O)c1ccccc1)C(=O)c1ccc(OC)cc1. The molecule has 0 aliphatic carbocycles. The molecule has 0 aliphatic heterocycles. The summed E-state index contributed by atoms with van der Waals surface area (Å²) in [5.74, 6) is -0.285. The molecule has 3 nitrogen and oxygen atoms in total. The maximum atomic E-state index is 13.1. The summed E-state index contributed by atoms with van der Waals surface area (Å²) in [5.41, 5.74) is 0.682. The average Bonchev–Trinajstić information content (AvgIpc) is 2.62. The van der Waals surface area contributed by atoms with Crippen LogP contribution >= 0.6 is 0 Å². The van der Waals surface area contributed by atoms with Crippen molar-refractivity contribution in [1.29, 1.82) is 0 Å². The third-order valence-corrected chi connectivity index (χ3v) is 4.65. The quantitative estimate of drug-likeness (QED) is 0.542. The first-order chi connectivity index (χ1) is 11.4. The van der Waals surface area contributed by atoms with E-state index in [4.69, 9.17) is 4.74 Å². The molecular weight excluding hydrogens is 300 g/mol. The first-order valence-corrected chi connectivity index (χ1v) is 8.18. The zero-order valence-corrected chi connectivity index (χ0v) is 14.7. The van der Waals surface area contributed by atoms with E-state index in [2.05, 4.69) is 0 Å². The van der Waals surface area contributed by atoms with Crippen molar-refractivity contribution in [3.05, 3.63) is 65.7 Å². The topological polar surface area (TPSA) is 43.4 Å². The molecule has 2 rings (SSSR count). The van der Waals surface area contributed by atoms with Gasteiger partial charge in [0.05, 0.1) is 13.0 Å². The van der Waals surface area contributed by atoms with Gasteiger partial charge >= 0.3 is 0 Å². The fourth-order valence-electron chi connectivity index (χ4n) is 2.72. The minimum atomic E-state index is -0.710. The molecule has 0 aliphatic rings. The van der Waals surface area contributed by atoms with Crippen LogP contribution in [0.1, 0.15) is 47.9 Å². The molecule has 1 atom stereocenters. The molecule has 126 valence electrons. The Morgan fingerprint density at radius 1 is 0.917 bits per heavy atom. The molecule has 0 fully saturated rings. The summed E-state index contributed by atoms with van der Waals surface area (Å²) in [6.07, 6.45) is 0.734. The molecule has 0 radical (unpaired) electrons. The molecule has 1 unspecified atom stereocenters. The molecule has 0 saturated carbocycles. The van der Waals surface area contributed by atoms with E-state index in [1.54, 1.807) is 43.5 Å². The summed E-state index contributed by atoms with van der Waals surface area (Å²) in [6, 6.07) is 16.0. The van der Waals surface area contributed by atoms with E-state index >= 15 is 0 Å². The second-order valence-electron chi connectivity index (χ2n) is 6.60. The summed E-state index contributed by atoms with van der Waals surface area (Å²) >= 11 is 0. The highest BCUT2D eigenvalue weighted by Crippen LogP contribution is 2.35. The van der Waals surface area contributed by atoms with E-state index in [9.17, 15) is 9.59 Å². The van der Waals surface area contributed by atoms with Crippen LogP contribution in [0, 0.1) is 11.3 Å². The van der Waals surface area contributed by atoms with Crippen LogP contribution in [0.3, 0.4) is 0 Å². The number of hydrogen-bond donors (Lipinski definition) is 0. The Balaban J connectivity index is 2.42. The zero-order valence-electron chi connectivity index (χ0n) is 14.7. The summed E-state index contributed by atoms with van der Waals surface area (Å²) in [4.78, 5) is 26.1. The van der Waals surface area contributed by atoms with Crippen LogP contribution in [0.25, 0.3) is 0 Å². The fourth-order valence-corrected chi connectivity index (χ4v) is 2.72. The van der Waals surface area contributed by atoms with Crippen LogP contribution < -0.4 is 4.74 Å². The maximum absolute atomic E-state index is 13.1. The van der Waals surface area contributed by atoms with E-state index in [1.165, 1.54) is 0 Å². The lowest BCUT2D eigenvalue weighted by molar-refractivity contribution is 0.0666. The predicted molar refractivity (Wildman–Crippen MR) is 95.7 cm³/mol. The molecule has 0 bridgehead atoms. The Kier molecular flexibility index (Phi) is 5.55. The van der Waals surface area contributed by atoms with Gasteiger partial charge in [-0.25, -0.2) is 0 Å². The number of hydrogen-bond acceptors (Lipinski definition) is 3. The van der Waals surface area contributed by atoms with E-state index in [0.29, 0.717) is 16.9 Å². The summed E-state index contributed by atoms with van der Waals surface area (Å²) < 4.78 is 5.14. The highest BCUT2D eigenvalue weighted by molar-refractivity contribution is 6.16. The Morgan fingerprint density at radius 3 is 1.88 bits per heavy atom. The maximum Gasteiger partial charge on any atom is 0.174 e. The molecule has 2 aromatic rings.